The van der Waals surface area contributed by atoms with Crippen LogP contribution >= 0.6 is 0 Å². The summed E-state index contributed by atoms with van der Waals surface area (Å²) in [5.74, 6) is 0. The number of aryl methyl sites for hydroxylation is 1. The van der Waals surface area contributed by atoms with Crippen LogP contribution in [0, 0.1) is 5.41 Å². The second-order valence-corrected chi connectivity index (χ2v) is 4.57. The van der Waals surface area contributed by atoms with Crippen LogP contribution in [-0.4, -0.2) is 16.0 Å². The monoisotopic (exact) mass is 232 g/mol. The maximum Gasteiger partial charge on any atom is 0.396 e. The fourth-order valence-corrected chi connectivity index (χ4v) is 1.90. The van der Waals surface area contributed by atoms with E-state index in [0.717, 1.165) is 18.4 Å². The molecule has 2 nitrogen and oxygen atoms in total. The molecule has 0 saturated heterocycles. The van der Waals surface area contributed by atoms with Gasteiger partial charge >= 0.3 is 6.18 Å². The highest BCUT2D eigenvalue weighted by Gasteiger charge is 2.63. The van der Waals surface area contributed by atoms with E-state index in [0.29, 0.717) is 0 Å². The quantitative estimate of drug-likeness (QED) is 0.779. The topological polar surface area (TPSA) is 17.8 Å². The van der Waals surface area contributed by atoms with Crippen LogP contribution < -0.4 is 0 Å². The van der Waals surface area contributed by atoms with Crippen LogP contribution in [0.15, 0.2) is 12.4 Å². The lowest BCUT2D eigenvalue weighted by molar-refractivity contribution is -0.191. The Hall–Kier alpha value is -1.00. The van der Waals surface area contributed by atoms with Crippen molar-refractivity contribution in [3.05, 3.63) is 18.0 Å². The first-order chi connectivity index (χ1) is 7.47. The molecule has 1 aromatic heterocycles. The van der Waals surface area contributed by atoms with Gasteiger partial charge in [-0.3, -0.25) is 4.68 Å². The minimum Gasteiger partial charge on any atom is -0.272 e. The van der Waals surface area contributed by atoms with E-state index in [1.165, 1.54) is 4.68 Å². The molecule has 0 aliphatic heterocycles. The van der Waals surface area contributed by atoms with Crippen molar-refractivity contribution in [2.75, 3.05) is 0 Å². The molecule has 1 saturated carbocycles. The van der Waals surface area contributed by atoms with Crippen LogP contribution in [0.3, 0.4) is 0 Å². The predicted octanol–water partition coefficient (Wildman–Crippen LogP) is 3.18. The zero-order valence-electron chi connectivity index (χ0n) is 9.22. The fourth-order valence-electron chi connectivity index (χ4n) is 1.90. The molecule has 1 fully saturated rings. The molecular weight excluding hydrogens is 217 g/mol. The fraction of sp³-hybridized carbons (Fsp3) is 0.727. The first-order valence-electron chi connectivity index (χ1n) is 5.55. The lowest BCUT2D eigenvalue weighted by Gasteiger charge is -2.18. The average Bonchev–Trinajstić information content (AvgIpc) is 2.83. The van der Waals surface area contributed by atoms with Crippen molar-refractivity contribution in [1.29, 1.82) is 0 Å². The lowest BCUT2D eigenvalue weighted by atomic mass is 10.1. The van der Waals surface area contributed by atoms with E-state index in [4.69, 9.17) is 0 Å². The number of aromatic nitrogens is 2. The lowest BCUT2D eigenvalue weighted by Crippen LogP contribution is -2.29. The second kappa shape index (κ2) is 3.79. The molecule has 0 N–H and O–H groups in total. The Balaban J connectivity index is 2.04. The van der Waals surface area contributed by atoms with Crippen LogP contribution in [0.25, 0.3) is 0 Å². The summed E-state index contributed by atoms with van der Waals surface area (Å²) in [5.41, 5.74) is -0.483. The molecule has 0 radical (unpaired) electrons. The van der Waals surface area contributed by atoms with Gasteiger partial charge in [-0.2, -0.15) is 18.3 Å². The van der Waals surface area contributed by atoms with Crippen LogP contribution in [0.1, 0.15) is 31.7 Å². The smallest absolute Gasteiger partial charge is 0.272 e. The van der Waals surface area contributed by atoms with Crippen molar-refractivity contribution in [2.45, 2.75) is 45.3 Å². The number of halogens is 3. The molecule has 1 aliphatic carbocycles. The summed E-state index contributed by atoms with van der Waals surface area (Å²) in [6.45, 7) is 2.01. The zero-order chi connectivity index (χ0) is 11.8. The van der Waals surface area contributed by atoms with Crippen molar-refractivity contribution in [3.8, 4) is 0 Å². The maximum atomic E-state index is 12.7. The molecule has 16 heavy (non-hydrogen) atoms. The van der Waals surface area contributed by atoms with Gasteiger partial charge < -0.3 is 0 Å². The van der Waals surface area contributed by atoms with Crippen molar-refractivity contribution in [2.24, 2.45) is 5.41 Å². The van der Waals surface area contributed by atoms with Crippen LogP contribution in [0.4, 0.5) is 13.2 Å². The minimum atomic E-state index is -4.09. The Morgan fingerprint density at radius 2 is 2.12 bits per heavy atom. The number of hydrogen-bond donors (Lipinski definition) is 0. The molecule has 0 aromatic carbocycles. The minimum absolute atomic E-state index is 0.0276. The summed E-state index contributed by atoms with van der Waals surface area (Å²) in [7, 11) is 0. The molecule has 0 unspecified atom stereocenters. The van der Waals surface area contributed by atoms with Crippen LogP contribution in [-0.2, 0) is 13.0 Å². The van der Waals surface area contributed by atoms with Crippen molar-refractivity contribution >= 4 is 0 Å². The van der Waals surface area contributed by atoms with Gasteiger partial charge in [-0.15, -0.1) is 0 Å². The Morgan fingerprint density at radius 3 is 2.62 bits per heavy atom. The van der Waals surface area contributed by atoms with Gasteiger partial charge in [0.15, 0.2) is 0 Å². The van der Waals surface area contributed by atoms with E-state index in [1.54, 1.807) is 12.4 Å². The SMILES string of the molecule is CCCc1cnn(CC2(C(F)(F)F)CC2)c1. The Bertz CT molecular complexity index is 364. The van der Waals surface area contributed by atoms with E-state index < -0.39 is 11.6 Å². The third-order valence-corrected chi connectivity index (χ3v) is 3.14. The molecule has 90 valence electrons. The number of alkyl halides is 3. The van der Waals surface area contributed by atoms with Gasteiger partial charge in [-0.05, 0) is 24.8 Å². The largest absolute Gasteiger partial charge is 0.396 e. The van der Waals surface area contributed by atoms with E-state index in [2.05, 4.69) is 5.10 Å². The zero-order valence-corrected chi connectivity index (χ0v) is 9.22. The molecule has 0 spiro atoms. The Kier molecular flexibility index (Phi) is 2.72. The summed E-state index contributed by atoms with van der Waals surface area (Å²) in [5, 5.41) is 3.99. The van der Waals surface area contributed by atoms with E-state index in [1.807, 2.05) is 6.92 Å². The summed E-state index contributed by atoms with van der Waals surface area (Å²) in [4.78, 5) is 0. The highest BCUT2D eigenvalue weighted by atomic mass is 19.4. The normalized spacial score (nSPS) is 18.8. The summed E-state index contributed by atoms with van der Waals surface area (Å²) < 4.78 is 39.5. The predicted molar refractivity (Wildman–Crippen MR) is 53.9 cm³/mol. The van der Waals surface area contributed by atoms with E-state index >= 15 is 0 Å². The number of hydrogen-bond acceptors (Lipinski definition) is 1. The highest BCUT2D eigenvalue weighted by Crippen LogP contribution is 2.58. The molecule has 1 heterocycles. The standard InChI is InChI=1S/C11H15F3N2/c1-2-3-9-6-15-16(7-9)8-10(4-5-10)11(12,13)14/h6-7H,2-5,8H2,1H3. The molecule has 1 aromatic rings. The Labute approximate surface area is 92.4 Å². The van der Waals surface area contributed by atoms with Crippen LogP contribution in [0.2, 0.25) is 0 Å². The first-order valence-corrected chi connectivity index (χ1v) is 5.55. The Morgan fingerprint density at radius 1 is 1.44 bits per heavy atom. The maximum absolute atomic E-state index is 12.7. The van der Waals surface area contributed by atoms with E-state index in [9.17, 15) is 13.2 Å². The number of rotatable bonds is 4. The van der Waals surface area contributed by atoms with Gasteiger partial charge in [0.25, 0.3) is 0 Å². The van der Waals surface area contributed by atoms with Gasteiger partial charge in [-0.25, -0.2) is 0 Å². The summed E-state index contributed by atoms with van der Waals surface area (Å²) in [6.07, 6.45) is 1.63. The number of nitrogens with zero attached hydrogens (tertiary/aromatic N) is 2. The molecule has 1 aliphatic rings. The van der Waals surface area contributed by atoms with Crippen molar-refractivity contribution < 1.29 is 13.2 Å². The first kappa shape index (κ1) is 11.5. The van der Waals surface area contributed by atoms with Gasteiger partial charge in [0, 0.05) is 6.20 Å². The van der Waals surface area contributed by atoms with E-state index in [-0.39, 0.29) is 19.4 Å². The summed E-state index contributed by atoms with van der Waals surface area (Å²) >= 11 is 0. The molecule has 0 atom stereocenters. The van der Waals surface area contributed by atoms with Gasteiger partial charge in [0.05, 0.1) is 18.2 Å². The molecule has 2 rings (SSSR count). The van der Waals surface area contributed by atoms with Crippen molar-refractivity contribution in [3.63, 3.8) is 0 Å². The van der Waals surface area contributed by atoms with Gasteiger partial charge in [0.2, 0.25) is 0 Å². The molecule has 0 amide bonds. The van der Waals surface area contributed by atoms with Gasteiger partial charge in [-0.1, -0.05) is 13.3 Å². The van der Waals surface area contributed by atoms with Gasteiger partial charge in [0.1, 0.15) is 0 Å². The highest BCUT2D eigenvalue weighted by molar-refractivity contribution is 5.06. The molecular formula is C11H15F3N2. The third-order valence-electron chi connectivity index (χ3n) is 3.14. The average molecular weight is 232 g/mol. The molecule has 0 bridgehead atoms. The second-order valence-electron chi connectivity index (χ2n) is 4.57. The van der Waals surface area contributed by atoms with Crippen LogP contribution in [0.5, 0.6) is 0 Å². The third kappa shape index (κ3) is 2.08. The van der Waals surface area contributed by atoms with Crippen molar-refractivity contribution in [1.82, 2.24) is 9.78 Å². The molecule has 5 heteroatoms. The summed E-state index contributed by atoms with van der Waals surface area (Å²) in [6, 6.07) is 0.